The normalized spacial score (nSPS) is 17.6. The van der Waals surface area contributed by atoms with Crippen LogP contribution in [-0.2, 0) is 22.3 Å². The smallest absolute Gasteiger partial charge is 0.218 e. The molecule has 0 saturated carbocycles. The Morgan fingerprint density at radius 3 is 2.32 bits per heavy atom. The van der Waals surface area contributed by atoms with Crippen molar-refractivity contribution in [2.24, 2.45) is 0 Å². The van der Waals surface area contributed by atoms with Gasteiger partial charge in [-0.3, -0.25) is 4.90 Å². The monoisotopic (exact) mass is 336 g/mol. The van der Waals surface area contributed by atoms with Gasteiger partial charge in [-0.15, -0.1) is 11.3 Å². The quantitative estimate of drug-likeness (QED) is 0.842. The Labute approximate surface area is 136 Å². The molecule has 1 fully saturated rings. The Bertz CT molecular complexity index is 676. The second-order valence-corrected chi connectivity index (χ2v) is 8.50. The molecule has 6 heteroatoms. The van der Waals surface area contributed by atoms with Gasteiger partial charge < -0.3 is 0 Å². The van der Waals surface area contributed by atoms with Gasteiger partial charge in [-0.1, -0.05) is 36.4 Å². The van der Waals surface area contributed by atoms with Crippen molar-refractivity contribution in [3.8, 4) is 0 Å². The number of hydrogen-bond donors (Lipinski definition) is 0. The molecule has 0 amide bonds. The second kappa shape index (κ2) is 6.91. The molecule has 22 heavy (non-hydrogen) atoms. The highest BCUT2D eigenvalue weighted by atomic mass is 32.2. The van der Waals surface area contributed by atoms with Crippen LogP contribution in [0.15, 0.2) is 47.8 Å². The summed E-state index contributed by atoms with van der Waals surface area (Å²) in [6.07, 6.45) is 0. The summed E-state index contributed by atoms with van der Waals surface area (Å²) in [5, 5.41) is 2.08. The van der Waals surface area contributed by atoms with Crippen molar-refractivity contribution in [3.05, 3.63) is 58.3 Å². The molecule has 0 spiro atoms. The topological polar surface area (TPSA) is 40.6 Å². The van der Waals surface area contributed by atoms with Gasteiger partial charge in [0, 0.05) is 37.6 Å². The van der Waals surface area contributed by atoms with E-state index in [1.807, 2.05) is 30.3 Å². The summed E-state index contributed by atoms with van der Waals surface area (Å²) in [6, 6.07) is 13.6. The molecule has 1 saturated heterocycles. The molecule has 2 heterocycles. The summed E-state index contributed by atoms with van der Waals surface area (Å²) in [4.78, 5) is 3.65. The minimum Gasteiger partial charge on any atom is -0.296 e. The van der Waals surface area contributed by atoms with E-state index in [-0.39, 0.29) is 5.75 Å². The molecular formula is C16H20N2O2S2. The fourth-order valence-corrected chi connectivity index (χ4v) is 4.93. The van der Waals surface area contributed by atoms with E-state index in [2.05, 4.69) is 22.4 Å². The summed E-state index contributed by atoms with van der Waals surface area (Å²) in [7, 11) is -3.21. The maximum Gasteiger partial charge on any atom is 0.218 e. The van der Waals surface area contributed by atoms with Crippen molar-refractivity contribution in [1.82, 2.24) is 9.21 Å². The fourth-order valence-electron chi connectivity index (χ4n) is 2.66. The molecule has 3 rings (SSSR count). The van der Waals surface area contributed by atoms with E-state index < -0.39 is 10.0 Å². The highest BCUT2D eigenvalue weighted by Gasteiger charge is 2.27. The van der Waals surface area contributed by atoms with Crippen LogP contribution < -0.4 is 0 Å². The van der Waals surface area contributed by atoms with Crippen molar-refractivity contribution in [1.29, 1.82) is 0 Å². The van der Waals surface area contributed by atoms with E-state index in [0.717, 1.165) is 25.2 Å². The Balaban J connectivity index is 1.56. The van der Waals surface area contributed by atoms with Crippen LogP contribution in [0.1, 0.15) is 10.4 Å². The molecule has 2 aromatic rings. The van der Waals surface area contributed by atoms with Gasteiger partial charge in [-0.05, 0) is 17.0 Å². The summed E-state index contributed by atoms with van der Waals surface area (Å²) in [5.41, 5.74) is 0.850. The molecule has 4 nitrogen and oxygen atoms in total. The molecule has 1 aromatic heterocycles. The molecule has 0 aliphatic carbocycles. The number of benzene rings is 1. The van der Waals surface area contributed by atoms with E-state index in [9.17, 15) is 8.42 Å². The van der Waals surface area contributed by atoms with Crippen LogP contribution in [0, 0.1) is 0 Å². The summed E-state index contributed by atoms with van der Waals surface area (Å²) in [6.45, 7) is 3.68. The van der Waals surface area contributed by atoms with Gasteiger partial charge in [0.15, 0.2) is 0 Å². The maximum absolute atomic E-state index is 12.5. The summed E-state index contributed by atoms with van der Waals surface area (Å²) in [5.74, 6) is 0.0960. The lowest BCUT2D eigenvalue weighted by molar-refractivity contribution is 0.183. The molecule has 0 radical (unpaired) electrons. The molecule has 0 bridgehead atoms. The fraction of sp³-hybridized carbons (Fsp3) is 0.375. The average molecular weight is 336 g/mol. The van der Waals surface area contributed by atoms with Gasteiger partial charge in [0.25, 0.3) is 0 Å². The zero-order valence-corrected chi connectivity index (χ0v) is 14.0. The largest absolute Gasteiger partial charge is 0.296 e. The maximum atomic E-state index is 12.5. The van der Waals surface area contributed by atoms with E-state index in [0.29, 0.717) is 13.1 Å². The molecule has 0 atom stereocenters. The number of nitrogens with zero attached hydrogens (tertiary/aromatic N) is 2. The summed E-state index contributed by atoms with van der Waals surface area (Å²) >= 11 is 1.75. The van der Waals surface area contributed by atoms with Crippen LogP contribution in [0.25, 0.3) is 0 Å². The minimum atomic E-state index is -3.21. The number of thiophene rings is 1. The van der Waals surface area contributed by atoms with Crippen LogP contribution in [0.2, 0.25) is 0 Å². The molecular weight excluding hydrogens is 316 g/mol. The van der Waals surface area contributed by atoms with Gasteiger partial charge in [-0.2, -0.15) is 4.31 Å². The molecule has 0 unspecified atom stereocenters. The van der Waals surface area contributed by atoms with Crippen molar-refractivity contribution in [3.63, 3.8) is 0 Å². The summed E-state index contributed by atoms with van der Waals surface area (Å²) < 4.78 is 26.6. The molecule has 0 N–H and O–H groups in total. The van der Waals surface area contributed by atoms with E-state index >= 15 is 0 Å². The third-order valence-corrected chi connectivity index (χ3v) is 6.59. The lowest BCUT2D eigenvalue weighted by atomic mass is 10.2. The molecule has 1 aliphatic rings. The number of piperazine rings is 1. The lowest BCUT2D eigenvalue weighted by Crippen LogP contribution is -2.48. The first kappa shape index (κ1) is 15.7. The lowest BCUT2D eigenvalue weighted by Gasteiger charge is -2.33. The third-order valence-electron chi connectivity index (χ3n) is 3.88. The van der Waals surface area contributed by atoms with Crippen molar-refractivity contribution < 1.29 is 8.42 Å². The Morgan fingerprint density at radius 1 is 0.955 bits per heavy atom. The Morgan fingerprint density at radius 2 is 1.68 bits per heavy atom. The average Bonchev–Trinajstić information content (AvgIpc) is 3.01. The van der Waals surface area contributed by atoms with Gasteiger partial charge in [0.2, 0.25) is 10.0 Å². The van der Waals surface area contributed by atoms with Crippen LogP contribution in [0.4, 0.5) is 0 Å². The predicted molar refractivity (Wildman–Crippen MR) is 90.2 cm³/mol. The zero-order valence-electron chi connectivity index (χ0n) is 12.4. The predicted octanol–water partition coefficient (Wildman–Crippen LogP) is 2.40. The second-order valence-electron chi connectivity index (χ2n) is 5.50. The SMILES string of the molecule is O=S(=O)(Cc1ccccc1)N1CCN(Cc2cccs2)CC1. The first-order valence-corrected chi connectivity index (χ1v) is 9.89. The van der Waals surface area contributed by atoms with E-state index in [1.165, 1.54) is 4.88 Å². The number of rotatable bonds is 5. The van der Waals surface area contributed by atoms with Crippen LogP contribution in [0.5, 0.6) is 0 Å². The van der Waals surface area contributed by atoms with Crippen LogP contribution in [0.3, 0.4) is 0 Å². The molecule has 118 valence electrons. The number of sulfonamides is 1. The minimum absolute atomic E-state index is 0.0960. The Kier molecular flexibility index (Phi) is 4.93. The number of hydrogen-bond acceptors (Lipinski definition) is 4. The van der Waals surface area contributed by atoms with Gasteiger partial charge >= 0.3 is 0 Å². The highest BCUT2D eigenvalue weighted by molar-refractivity contribution is 7.88. The van der Waals surface area contributed by atoms with Gasteiger partial charge in [0.05, 0.1) is 5.75 Å². The van der Waals surface area contributed by atoms with Gasteiger partial charge in [0.1, 0.15) is 0 Å². The van der Waals surface area contributed by atoms with E-state index in [1.54, 1.807) is 15.6 Å². The van der Waals surface area contributed by atoms with Crippen LogP contribution >= 0.6 is 11.3 Å². The highest BCUT2D eigenvalue weighted by Crippen LogP contribution is 2.16. The van der Waals surface area contributed by atoms with Crippen molar-refractivity contribution in [2.45, 2.75) is 12.3 Å². The molecule has 1 aromatic carbocycles. The first-order valence-electron chi connectivity index (χ1n) is 7.40. The van der Waals surface area contributed by atoms with Crippen molar-refractivity contribution in [2.75, 3.05) is 26.2 Å². The Hall–Kier alpha value is -1.21. The van der Waals surface area contributed by atoms with Crippen LogP contribution in [-0.4, -0.2) is 43.8 Å². The third kappa shape index (κ3) is 3.95. The first-order chi connectivity index (χ1) is 10.6. The zero-order chi connectivity index (χ0) is 15.4. The van der Waals surface area contributed by atoms with Crippen molar-refractivity contribution >= 4 is 21.4 Å². The molecule has 1 aliphatic heterocycles. The standard InChI is InChI=1S/C16H20N2O2S2/c19-22(20,14-15-5-2-1-3-6-15)18-10-8-17(9-11-18)13-16-7-4-12-21-16/h1-7,12H,8-11,13-14H2. The van der Waals surface area contributed by atoms with E-state index in [4.69, 9.17) is 0 Å². The van der Waals surface area contributed by atoms with Gasteiger partial charge in [-0.25, -0.2) is 8.42 Å².